The number of aliphatic hydroxyl groups excluding tert-OH is 1. The molecule has 1 N–H and O–H groups in total. The second-order valence-electron chi connectivity index (χ2n) is 5.67. The first-order valence-corrected chi connectivity index (χ1v) is 6.90. The van der Waals surface area contributed by atoms with E-state index in [2.05, 4.69) is 32.0 Å². The Morgan fingerprint density at radius 2 is 1.65 bits per heavy atom. The smallest absolute Gasteiger partial charge is 0.0608 e. The lowest BCUT2D eigenvalue weighted by atomic mass is 9.83. The van der Waals surface area contributed by atoms with Gasteiger partial charge in [-0.1, -0.05) is 48.6 Å². The normalized spacial score (nSPS) is 19.2. The van der Waals surface area contributed by atoms with Crippen LogP contribution in [0.4, 0.5) is 0 Å². The van der Waals surface area contributed by atoms with Gasteiger partial charge in [0, 0.05) is 0 Å². The fourth-order valence-corrected chi connectivity index (χ4v) is 3.11. The molecule has 0 spiro atoms. The molecule has 0 bridgehead atoms. The molecule has 1 fully saturated rings. The van der Waals surface area contributed by atoms with Crippen LogP contribution in [0.2, 0.25) is 0 Å². The van der Waals surface area contributed by atoms with E-state index in [-0.39, 0.29) is 6.10 Å². The van der Waals surface area contributed by atoms with Crippen LogP contribution < -0.4 is 0 Å². The van der Waals surface area contributed by atoms with Gasteiger partial charge in [0.15, 0.2) is 0 Å². The quantitative estimate of drug-likeness (QED) is 0.840. The first kappa shape index (κ1) is 12.6. The zero-order chi connectivity index (χ0) is 12.3. The summed E-state index contributed by atoms with van der Waals surface area (Å²) in [6.45, 7) is 4.26. The first-order valence-electron chi connectivity index (χ1n) is 6.90. The molecule has 0 aromatic heterocycles. The lowest BCUT2D eigenvalue weighted by Gasteiger charge is -2.26. The number of rotatable bonds is 3. The van der Waals surface area contributed by atoms with Gasteiger partial charge in [-0.15, -0.1) is 0 Å². The lowest BCUT2D eigenvalue weighted by Crippen LogP contribution is -2.25. The topological polar surface area (TPSA) is 20.2 Å². The van der Waals surface area contributed by atoms with Gasteiger partial charge in [0.05, 0.1) is 6.10 Å². The third-order valence-corrected chi connectivity index (χ3v) is 3.92. The molecule has 94 valence electrons. The molecule has 0 heterocycles. The van der Waals surface area contributed by atoms with E-state index in [4.69, 9.17) is 0 Å². The van der Waals surface area contributed by atoms with E-state index < -0.39 is 0 Å². The second kappa shape index (κ2) is 5.68. The van der Waals surface area contributed by atoms with Gasteiger partial charge in [0.2, 0.25) is 0 Å². The molecule has 1 aliphatic carbocycles. The predicted molar refractivity (Wildman–Crippen MR) is 72.2 cm³/mol. The molecule has 0 radical (unpaired) electrons. The van der Waals surface area contributed by atoms with Gasteiger partial charge < -0.3 is 5.11 Å². The zero-order valence-electron chi connectivity index (χ0n) is 11.1. The highest BCUT2D eigenvalue weighted by Crippen LogP contribution is 2.28. The van der Waals surface area contributed by atoms with Crippen molar-refractivity contribution in [3.63, 3.8) is 0 Å². The average molecular weight is 232 g/mol. The summed E-state index contributed by atoms with van der Waals surface area (Å²) in [4.78, 5) is 0. The Morgan fingerprint density at radius 3 is 2.24 bits per heavy atom. The molecule has 1 saturated carbocycles. The van der Waals surface area contributed by atoms with Gasteiger partial charge in [0.1, 0.15) is 0 Å². The Balaban J connectivity index is 1.99. The Hall–Kier alpha value is -0.820. The van der Waals surface area contributed by atoms with Crippen molar-refractivity contribution >= 4 is 0 Å². The van der Waals surface area contributed by atoms with Crippen molar-refractivity contribution in [2.45, 2.75) is 58.5 Å². The Labute approximate surface area is 105 Å². The fraction of sp³-hybridized carbons (Fsp3) is 0.625. The molecule has 2 rings (SSSR count). The van der Waals surface area contributed by atoms with E-state index >= 15 is 0 Å². The number of benzene rings is 1. The van der Waals surface area contributed by atoms with Gasteiger partial charge in [-0.2, -0.15) is 0 Å². The molecule has 1 aromatic carbocycles. The average Bonchev–Trinajstić information content (AvgIpc) is 2.28. The third kappa shape index (κ3) is 3.57. The first-order chi connectivity index (χ1) is 8.15. The fourth-order valence-electron chi connectivity index (χ4n) is 3.11. The SMILES string of the molecule is Cc1cc(C)cc(CC(O)C2CCCCC2)c1. The summed E-state index contributed by atoms with van der Waals surface area (Å²) >= 11 is 0. The summed E-state index contributed by atoms with van der Waals surface area (Å²) in [5.41, 5.74) is 3.90. The van der Waals surface area contributed by atoms with Crippen LogP contribution in [0.15, 0.2) is 18.2 Å². The second-order valence-corrected chi connectivity index (χ2v) is 5.67. The summed E-state index contributed by atoms with van der Waals surface area (Å²) in [6.07, 6.45) is 7.07. The highest BCUT2D eigenvalue weighted by molar-refractivity contribution is 5.29. The van der Waals surface area contributed by atoms with E-state index in [0.717, 1.165) is 6.42 Å². The standard InChI is InChI=1S/C16H24O/c1-12-8-13(2)10-14(9-12)11-16(17)15-6-4-3-5-7-15/h8-10,15-17H,3-7,11H2,1-2H3. The molecule has 0 amide bonds. The van der Waals surface area contributed by atoms with Crippen LogP contribution >= 0.6 is 0 Å². The van der Waals surface area contributed by atoms with Crippen molar-refractivity contribution in [1.29, 1.82) is 0 Å². The van der Waals surface area contributed by atoms with Gasteiger partial charge in [-0.3, -0.25) is 0 Å². The maximum Gasteiger partial charge on any atom is 0.0608 e. The maximum absolute atomic E-state index is 10.3. The van der Waals surface area contributed by atoms with E-state index in [1.165, 1.54) is 48.8 Å². The van der Waals surface area contributed by atoms with Crippen LogP contribution in [0, 0.1) is 19.8 Å². The Kier molecular flexibility index (Phi) is 4.22. The van der Waals surface area contributed by atoms with E-state index in [1.807, 2.05) is 0 Å². The third-order valence-electron chi connectivity index (χ3n) is 3.92. The largest absolute Gasteiger partial charge is 0.392 e. The van der Waals surface area contributed by atoms with E-state index in [9.17, 15) is 5.11 Å². The van der Waals surface area contributed by atoms with Crippen LogP contribution in [0.3, 0.4) is 0 Å². The highest BCUT2D eigenvalue weighted by atomic mass is 16.3. The van der Waals surface area contributed by atoms with Gasteiger partial charge in [-0.25, -0.2) is 0 Å². The van der Waals surface area contributed by atoms with Crippen LogP contribution in [0.5, 0.6) is 0 Å². The molecule has 1 atom stereocenters. The highest BCUT2D eigenvalue weighted by Gasteiger charge is 2.21. The number of hydrogen-bond donors (Lipinski definition) is 1. The maximum atomic E-state index is 10.3. The summed E-state index contributed by atoms with van der Waals surface area (Å²) in [5, 5.41) is 10.3. The molecule has 17 heavy (non-hydrogen) atoms. The monoisotopic (exact) mass is 232 g/mol. The molecule has 1 nitrogen and oxygen atoms in total. The van der Waals surface area contributed by atoms with Crippen LogP contribution in [0.25, 0.3) is 0 Å². The molecule has 0 aliphatic heterocycles. The number of aryl methyl sites for hydroxylation is 2. The predicted octanol–water partition coefficient (Wildman–Crippen LogP) is 3.79. The summed E-state index contributed by atoms with van der Waals surface area (Å²) in [6, 6.07) is 6.61. The molecule has 1 unspecified atom stereocenters. The summed E-state index contributed by atoms with van der Waals surface area (Å²) < 4.78 is 0. The van der Waals surface area contributed by atoms with E-state index in [0.29, 0.717) is 5.92 Å². The minimum Gasteiger partial charge on any atom is -0.392 e. The summed E-state index contributed by atoms with van der Waals surface area (Å²) in [7, 11) is 0. The molecule has 1 heteroatoms. The number of aliphatic hydroxyl groups is 1. The minimum atomic E-state index is -0.142. The number of hydrogen-bond acceptors (Lipinski definition) is 1. The van der Waals surface area contributed by atoms with Crippen molar-refractivity contribution in [3.8, 4) is 0 Å². The molecule has 1 aromatic rings. The van der Waals surface area contributed by atoms with Crippen LogP contribution in [-0.4, -0.2) is 11.2 Å². The van der Waals surface area contributed by atoms with Gasteiger partial charge in [0.25, 0.3) is 0 Å². The van der Waals surface area contributed by atoms with Crippen LogP contribution in [-0.2, 0) is 6.42 Å². The van der Waals surface area contributed by atoms with Crippen molar-refractivity contribution < 1.29 is 5.11 Å². The lowest BCUT2D eigenvalue weighted by molar-refractivity contribution is 0.0851. The van der Waals surface area contributed by atoms with Gasteiger partial charge >= 0.3 is 0 Å². The Bertz CT molecular complexity index is 344. The van der Waals surface area contributed by atoms with Gasteiger partial charge in [-0.05, 0) is 44.6 Å². The molecule has 0 saturated heterocycles. The van der Waals surface area contributed by atoms with E-state index in [1.54, 1.807) is 0 Å². The molecular formula is C16H24O. The zero-order valence-corrected chi connectivity index (χ0v) is 11.1. The molecule has 1 aliphatic rings. The van der Waals surface area contributed by atoms with Crippen molar-refractivity contribution in [2.24, 2.45) is 5.92 Å². The Morgan fingerprint density at radius 1 is 1.06 bits per heavy atom. The summed E-state index contributed by atoms with van der Waals surface area (Å²) in [5.74, 6) is 0.532. The van der Waals surface area contributed by atoms with Crippen LogP contribution in [0.1, 0.15) is 48.8 Å². The van der Waals surface area contributed by atoms with Crippen molar-refractivity contribution in [1.82, 2.24) is 0 Å². The van der Waals surface area contributed by atoms with Crippen molar-refractivity contribution in [3.05, 3.63) is 34.9 Å². The molecular weight excluding hydrogens is 208 g/mol. The minimum absolute atomic E-state index is 0.142. The van der Waals surface area contributed by atoms with Crippen molar-refractivity contribution in [2.75, 3.05) is 0 Å².